The molecule has 0 aliphatic rings. The van der Waals surface area contributed by atoms with Crippen molar-refractivity contribution in [1.29, 1.82) is 0 Å². The average Bonchev–Trinajstić information content (AvgIpc) is 1.86. The fraction of sp³-hybridized carbons (Fsp3) is 0. The molecule has 0 fully saturated rings. The fourth-order valence-electron chi connectivity index (χ4n) is 0.675. The van der Waals surface area contributed by atoms with Crippen molar-refractivity contribution in [2.24, 2.45) is 0 Å². The second-order valence-electron chi connectivity index (χ2n) is 1.94. The first kappa shape index (κ1) is 12.6. The molecule has 0 heterocycles. The van der Waals surface area contributed by atoms with Gasteiger partial charge in [0.05, 0.1) is 0 Å². The van der Waals surface area contributed by atoms with E-state index in [-0.39, 0.29) is 52.8 Å². The van der Waals surface area contributed by atoms with Gasteiger partial charge in [-0.25, -0.2) is 0 Å². The van der Waals surface area contributed by atoms with Gasteiger partial charge in [-0.3, -0.25) is 4.55 Å². The summed E-state index contributed by atoms with van der Waals surface area (Å²) in [7, 11) is -4.28. The summed E-state index contributed by atoms with van der Waals surface area (Å²) in [5.74, 6) is -0.449. The Morgan fingerprint density at radius 3 is 2.08 bits per heavy atom. The van der Waals surface area contributed by atoms with Crippen LogP contribution in [0.1, 0.15) is 1.43 Å². The van der Waals surface area contributed by atoms with Gasteiger partial charge in [-0.1, -0.05) is 12.1 Å². The third-order valence-corrected chi connectivity index (χ3v) is 2.04. The monoisotopic (exact) mass is 214 g/mol. The van der Waals surface area contributed by atoms with Crippen LogP contribution in [0.25, 0.3) is 0 Å². The molecule has 6 heteroatoms. The molecular weight excluding hydrogens is 207 g/mol. The molecule has 1 rings (SSSR count). The molecule has 0 aliphatic carbocycles. The summed E-state index contributed by atoms with van der Waals surface area (Å²) in [6, 6.07) is 5.17. The van der Waals surface area contributed by atoms with Gasteiger partial charge in [0.15, 0.2) is 0 Å². The Labute approximate surface area is 114 Å². The number of aromatic hydroxyl groups is 1. The van der Waals surface area contributed by atoms with E-state index in [1.54, 1.807) is 0 Å². The number of rotatable bonds is 1. The smallest absolute Gasteiger partial charge is 1.00 e. The molecule has 62 valence electrons. The van der Waals surface area contributed by atoms with Crippen LogP contribution in [-0.4, -0.2) is 18.1 Å². The Morgan fingerprint density at radius 1 is 1.25 bits per heavy atom. The van der Waals surface area contributed by atoms with Crippen LogP contribution >= 0.6 is 0 Å². The molecule has 0 amide bonds. The van der Waals surface area contributed by atoms with Gasteiger partial charge >= 0.3 is 51.4 Å². The zero-order valence-corrected chi connectivity index (χ0v) is 10.4. The molecule has 1 aromatic carbocycles. The quantitative estimate of drug-likeness (QED) is 0.409. The Balaban J connectivity index is 0. The number of para-hydroxylation sites is 1. The van der Waals surface area contributed by atoms with E-state index in [0.29, 0.717) is 0 Å². The van der Waals surface area contributed by atoms with E-state index >= 15 is 0 Å². The molecule has 0 spiro atoms. The summed E-state index contributed by atoms with van der Waals surface area (Å²) >= 11 is 0. The first-order valence-electron chi connectivity index (χ1n) is 2.77. The van der Waals surface area contributed by atoms with Gasteiger partial charge in [0.1, 0.15) is 10.6 Å². The van der Waals surface area contributed by atoms with Crippen LogP contribution < -0.4 is 51.4 Å². The van der Waals surface area contributed by atoms with Crippen molar-refractivity contribution in [1.82, 2.24) is 0 Å². The Bertz CT molecular complexity index is 365. The largest absolute Gasteiger partial charge is 1.00 e. The van der Waals surface area contributed by atoms with E-state index in [4.69, 9.17) is 9.66 Å². The van der Waals surface area contributed by atoms with Crippen LogP contribution in [0.15, 0.2) is 29.2 Å². The van der Waals surface area contributed by atoms with Crippen LogP contribution in [0.3, 0.4) is 0 Å². The maximum absolute atomic E-state index is 10.4. The van der Waals surface area contributed by atoms with E-state index in [1.807, 2.05) is 0 Å². The zero-order valence-electron chi connectivity index (χ0n) is 7.43. The van der Waals surface area contributed by atoms with E-state index < -0.39 is 20.8 Å². The summed E-state index contributed by atoms with van der Waals surface area (Å²) in [5.41, 5.74) is 0. The standard InChI is InChI=1S/C6H6O4S.K.H/c7-5-3-1-2-4-6(5)11(8,9)10;;/h1-4,7H,(H,8,9,10);;/q;+1;-1. The first-order valence-corrected chi connectivity index (χ1v) is 4.21. The summed E-state index contributed by atoms with van der Waals surface area (Å²) < 4.78 is 29.4. The van der Waals surface area contributed by atoms with E-state index in [1.165, 1.54) is 18.2 Å². The minimum atomic E-state index is -4.28. The van der Waals surface area contributed by atoms with Gasteiger partial charge in [0.25, 0.3) is 10.1 Å². The molecule has 0 unspecified atom stereocenters. The molecule has 0 aliphatic heterocycles. The normalized spacial score (nSPS) is 10.4. The van der Waals surface area contributed by atoms with Gasteiger partial charge in [0, 0.05) is 0 Å². The van der Waals surface area contributed by atoms with Crippen LogP contribution in [-0.2, 0) is 10.1 Å². The van der Waals surface area contributed by atoms with Crippen molar-refractivity contribution >= 4 is 10.1 Å². The third-order valence-electron chi connectivity index (χ3n) is 1.14. The Morgan fingerprint density at radius 2 is 1.75 bits per heavy atom. The van der Waals surface area contributed by atoms with Crippen molar-refractivity contribution in [2.75, 3.05) is 0 Å². The molecule has 12 heavy (non-hydrogen) atoms. The number of hydrogen-bond acceptors (Lipinski definition) is 3. The fourth-order valence-corrected chi connectivity index (χ4v) is 1.26. The molecule has 0 radical (unpaired) electrons. The minimum absolute atomic E-state index is 0. The summed E-state index contributed by atoms with van der Waals surface area (Å²) in [5, 5.41) is 8.91. The molecule has 1 aromatic rings. The Hall–Kier alpha value is 0.566. The van der Waals surface area contributed by atoms with E-state index in [2.05, 4.69) is 0 Å². The predicted octanol–water partition coefficient (Wildman–Crippen LogP) is -2.24. The van der Waals surface area contributed by atoms with Crippen molar-refractivity contribution < 1.29 is 70.9 Å². The average molecular weight is 214 g/mol. The second kappa shape index (κ2) is 4.71. The van der Waals surface area contributed by atoms with Gasteiger partial charge < -0.3 is 6.53 Å². The third kappa shape index (κ3) is 3.13. The van der Waals surface area contributed by atoms with E-state index in [9.17, 15) is 8.42 Å². The van der Waals surface area contributed by atoms with Crippen molar-refractivity contribution in [3.05, 3.63) is 24.3 Å². The van der Waals surface area contributed by atoms with Crippen LogP contribution in [0.4, 0.5) is 0 Å². The molecule has 4 nitrogen and oxygen atoms in total. The van der Waals surface area contributed by atoms with Crippen molar-refractivity contribution in [3.8, 4) is 5.75 Å². The molecule has 0 saturated heterocycles. The predicted molar refractivity (Wildman–Crippen MR) is 39.0 cm³/mol. The zero-order chi connectivity index (χ0) is 8.48. The number of hydrogen-bond donors (Lipinski definition) is 2. The van der Waals surface area contributed by atoms with Crippen LogP contribution in [0.2, 0.25) is 0 Å². The number of phenols is 1. The Kier molecular flexibility index (Phi) is 4.93. The summed E-state index contributed by atoms with van der Waals surface area (Å²) in [6.07, 6.45) is 0. The molecule has 2 N–H and O–H groups in total. The topological polar surface area (TPSA) is 74.6 Å². The van der Waals surface area contributed by atoms with Crippen LogP contribution in [0.5, 0.6) is 5.75 Å². The van der Waals surface area contributed by atoms with Crippen LogP contribution in [0, 0.1) is 0 Å². The number of benzene rings is 1. The minimum Gasteiger partial charge on any atom is -1.00 e. The van der Waals surface area contributed by atoms with Gasteiger partial charge in [-0.15, -0.1) is 0 Å². The van der Waals surface area contributed by atoms with Crippen molar-refractivity contribution in [3.63, 3.8) is 0 Å². The van der Waals surface area contributed by atoms with Crippen molar-refractivity contribution in [2.45, 2.75) is 4.90 Å². The molecule has 0 bridgehead atoms. The second-order valence-corrected chi connectivity index (χ2v) is 3.33. The molecule has 0 aromatic heterocycles. The maximum atomic E-state index is 10.4. The van der Waals surface area contributed by atoms with Gasteiger partial charge in [-0.2, -0.15) is 8.42 Å². The number of phenolic OH excluding ortho intramolecular Hbond substituents is 1. The van der Waals surface area contributed by atoms with Gasteiger partial charge in [0.2, 0.25) is 0 Å². The SMILES string of the molecule is O=S(=O)(O)c1ccccc1O.[H-].[K+]. The summed E-state index contributed by atoms with van der Waals surface area (Å²) in [6.45, 7) is 0. The molecular formula is C6H7KO4S. The van der Waals surface area contributed by atoms with E-state index in [0.717, 1.165) is 6.07 Å². The van der Waals surface area contributed by atoms with Gasteiger partial charge in [-0.05, 0) is 12.1 Å². The maximum Gasteiger partial charge on any atom is 1.00 e. The summed E-state index contributed by atoms with van der Waals surface area (Å²) in [4.78, 5) is -0.472. The molecule has 0 atom stereocenters. The molecule has 0 saturated carbocycles. The first-order chi connectivity index (χ1) is 5.02.